The Morgan fingerprint density at radius 3 is 2.58 bits per heavy atom. The van der Waals surface area contributed by atoms with Gasteiger partial charge in [0, 0.05) is 13.6 Å². The lowest BCUT2D eigenvalue weighted by atomic mass is 9.98. The van der Waals surface area contributed by atoms with Crippen molar-refractivity contribution in [1.82, 2.24) is 4.90 Å². The minimum Gasteiger partial charge on any atom is -0.368 e. The maximum atomic E-state index is 12.0. The monoisotopic (exact) mass is 261 g/mol. The number of carbonyl (C=O) groups is 1. The van der Waals surface area contributed by atoms with E-state index < -0.39 is 0 Å². The van der Waals surface area contributed by atoms with Crippen LogP contribution in [-0.2, 0) is 16.1 Å². The van der Waals surface area contributed by atoms with Crippen molar-refractivity contribution >= 4 is 5.91 Å². The highest BCUT2D eigenvalue weighted by molar-refractivity contribution is 5.77. The number of nitrogens with zero attached hydrogens (tertiary/aromatic N) is 1. The molecule has 1 aliphatic rings. The van der Waals surface area contributed by atoms with Crippen LogP contribution in [-0.4, -0.2) is 30.6 Å². The van der Waals surface area contributed by atoms with Gasteiger partial charge in [0.1, 0.15) is 6.61 Å². The Morgan fingerprint density at radius 1 is 1.21 bits per heavy atom. The summed E-state index contributed by atoms with van der Waals surface area (Å²) in [6.45, 7) is 0.863. The molecule has 0 atom stereocenters. The van der Waals surface area contributed by atoms with E-state index in [1.165, 1.54) is 19.3 Å². The zero-order valence-corrected chi connectivity index (χ0v) is 11.7. The fourth-order valence-corrected chi connectivity index (χ4v) is 2.48. The lowest BCUT2D eigenvalue weighted by Crippen LogP contribution is -2.32. The number of likely N-dealkylation sites (N-methyl/N-ethyl adjacent to an activating group) is 1. The summed E-state index contributed by atoms with van der Waals surface area (Å²) in [5, 5.41) is 0. The van der Waals surface area contributed by atoms with Crippen molar-refractivity contribution in [3.63, 3.8) is 0 Å². The zero-order chi connectivity index (χ0) is 13.5. The number of amides is 1. The first kappa shape index (κ1) is 14.1. The zero-order valence-electron chi connectivity index (χ0n) is 11.7. The number of benzene rings is 1. The number of hydrogen-bond donors (Lipinski definition) is 0. The van der Waals surface area contributed by atoms with E-state index in [4.69, 9.17) is 4.74 Å². The highest BCUT2D eigenvalue weighted by Crippen LogP contribution is 2.20. The van der Waals surface area contributed by atoms with Crippen LogP contribution in [0, 0.1) is 0 Å². The average Bonchev–Trinajstić information content (AvgIpc) is 2.47. The second kappa shape index (κ2) is 7.29. The Bertz CT molecular complexity index is 385. The van der Waals surface area contributed by atoms with Gasteiger partial charge < -0.3 is 9.64 Å². The van der Waals surface area contributed by atoms with Crippen LogP contribution >= 0.6 is 0 Å². The van der Waals surface area contributed by atoms with E-state index in [1.54, 1.807) is 4.90 Å². The number of carbonyl (C=O) groups excluding carboxylic acids is 1. The number of ether oxygens (including phenoxy) is 1. The van der Waals surface area contributed by atoms with Gasteiger partial charge in [-0.25, -0.2) is 0 Å². The third-order valence-corrected chi connectivity index (χ3v) is 3.68. The molecule has 1 aliphatic carbocycles. The van der Waals surface area contributed by atoms with Gasteiger partial charge in [-0.05, 0) is 18.4 Å². The second-order valence-corrected chi connectivity index (χ2v) is 5.31. The van der Waals surface area contributed by atoms with E-state index in [9.17, 15) is 4.79 Å². The van der Waals surface area contributed by atoms with Crippen molar-refractivity contribution in [3.8, 4) is 0 Å². The average molecular weight is 261 g/mol. The molecule has 1 fully saturated rings. The predicted molar refractivity (Wildman–Crippen MR) is 75.7 cm³/mol. The van der Waals surface area contributed by atoms with Gasteiger partial charge in [0.05, 0.1) is 6.10 Å². The molecule has 104 valence electrons. The second-order valence-electron chi connectivity index (χ2n) is 5.31. The van der Waals surface area contributed by atoms with Gasteiger partial charge in [-0.2, -0.15) is 0 Å². The molecule has 0 saturated heterocycles. The molecule has 1 amide bonds. The fourth-order valence-electron chi connectivity index (χ4n) is 2.48. The molecule has 0 heterocycles. The summed E-state index contributed by atoms with van der Waals surface area (Å²) >= 11 is 0. The standard InChI is InChI=1S/C16H23NO2/c1-17(12-14-8-4-2-5-9-14)16(18)13-19-15-10-6-3-7-11-15/h2,4-5,8-9,15H,3,6-7,10-13H2,1H3. The molecule has 3 nitrogen and oxygen atoms in total. The Labute approximate surface area is 115 Å². The van der Waals surface area contributed by atoms with E-state index in [0.29, 0.717) is 12.6 Å². The van der Waals surface area contributed by atoms with Crippen LogP contribution in [0.1, 0.15) is 37.7 Å². The molecule has 3 heteroatoms. The summed E-state index contributed by atoms with van der Waals surface area (Å²) in [4.78, 5) is 13.7. The van der Waals surface area contributed by atoms with Crippen LogP contribution in [0.25, 0.3) is 0 Å². The van der Waals surface area contributed by atoms with Crippen LogP contribution in [0.3, 0.4) is 0 Å². The predicted octanol–water partition coefficient (Wildman–Crippen LogP) is 2.99. The summed E-state index contributed by atoms with van der Waals surface area (Å²) in [7, 11) is 1.83. The van der Waals surface area contributed by atoms with E-state index in [2.05, 4.69) is 0 Å². The van der Waals surface area contributed by atoms with Crippen molar-refractivity contribution in [3.05, 3.63) is 35.9 Å². The maximum absolute atomic E-state index is 12.0. The first-order chi connectivity index (χ1) is 9.25. The largest absolute Gasteiger partial charge is 0.368 e. The molecule has 1 saturated carbocycles. The molecular formula is C16H23NO2. The van der Waals surface area contributed by atoms with Crippen molar-refractivity contribution in [2.45, 2.75) is 44.8 Å². The normalized spacial score (nSPS) is 16.3. The summed E-state index contributed by atoms with van der Waals surface area (Å²) in [6, 6.07) is 10.0. The highest BCUT2D eigenvalue weighted by atomic mass is 16.5. The summed E-state index contributed by atoms with van der Waals surface area (Å²) < 4.78 is 5.71. The van der Waals surface area contributed by atoms with Crippen LogP contribution in [0.2, 0.25) is 0 Å². The smallest absolute Gasteiger partial charge is 0.248 e. The first-order valence-electron chi connectivity index (χ1n) is 7.15. The van der Waals surface area contributed by atoms with Crippen LogP contribution < -0.4 is 0 Å². The molecule has 1 aromatic rings. The highest BCUT2D eigenvalue weighted by Gasteiger charge is 2.16. The quantitative estimate of drug-likeness (QED) is 0.815. The molecule has 0 aliphatic heterocycles. The van der Waals surface area contributed by atoms with Gasteiger partial charge in [0.15, 0.2) is 0 Å². The summed E-state index contributed by atoms with van der Waals surface area (Å²) in [5.74, 6) is 0.0643. The third-order valence-electron chi connectivity index (χ3n) is 3.68. The van der Waals surface area contributed by atoms with Crippen molar-refractivity contribution in [2.24, 2.45) is 0 Å². The SMILES string of the molecule is CN(Cc1ccccc1)C(=O)COC1CCCCC1. The molecule has 19 heavy (non-hydrogen) atoms. The molecule has 2 rings (SSSR count). The fraction of sp³-hybridized carbons (Fsp3) is 0.562. The summed E-state index contributed by atoms with van der Waals surface area (Å²) in [6.07, 6.45) is 6.28. The van der Waals surface area contributed by atoms with Gasteiger partial charge in [0.25, 0.3) is 0 Å². The van der Waals surface area contributed by atoms with Crippen molar-refractivity contribution < 1.29 is 9.53 Å². The van der Waals surface area contributed by atoms with Crippen molar-refractivity contribution in [2.75, 3.05) is 13.7 Å². The van der Waals surface area contributed by atoms with E-state index >= 15 is 0 Å². The Balaban J connectivity index is 1.73. The lowest BCUT2D eigenvalue weighted by molar-refractivity contribution is -0.138. The van der Waals surface area contributed by atoms with E-state index in [0.717, 1.165) is 18.4 Å². The van der Waals surface area contributed by atoms with Gasteiger partial charge in [-0.1, -0.05) is 49.6 Å². The lowest BCUT2D eigenvalue weighted by Gasteiger charge is -2.23. The Kier molecular flexibility index (Phi) is 5.40. The van der Waals surface area contributed by atoms with E-state index in [1.807, 2.05) is 37.4 Å². The van der Waals surface area contributed by atoms with Gasteiger partial charge >= 0.3 is 0 Å². The minimum atomic E-state index is 0.0643. The molecular weight excluding hydrogens is 238 g/mol. The van der Waals surface area contributed by atoms with E-state index in [-0.39, 0.29) is 12.5 Å². The van der Waals surface area contributed by atoms with Crippen molar-refractivity contribution in [1.29, 1.82) is 0 Å². The topological polar surface area (TPSA) is 29.5 Å². The Hall–Kier alpha value is -1.35. The maximum Gasteiger partial charge on any atom is 0.248 e. The number of rotatable bonds is 5. The molecule has 0 spiro atoms. The third kappa shape index (κ3) is 4.67. The molecule has 0 aromatic heterocycles. The van der Waals surface area contributed by atoms with Gasteiger partial charge in [-0.15, -0.1) is 0 Å². The van der Waals surface area contributed by atoms with Crippen LogP contribution in [0.15, 0.2) is 30.3 Å². The molecule has 0 N–H and O–H groups in total. The molecule has 0 bridgehead atoms. The molecule has 1 aromatic carbocycles. The molecule has 0 radical (unpaired) electrons. The minimum absolute atomic E-state index is 0.0643. The van der Waals surface area contributed by atoms with Gasteiger partial charge in [-0.3, -0.25) is 4.79 Å². The van der Waals surface area contributed by atoms with Crippen LogP contribution in [0.5, 0.6) is 0 Å². The molecule has 0 unspecified atom stereocenters. The Morgan fingerprint density at radius 2 is 1.89 bits per heavy atom. The number of hydrogen-bond acceptors (Lipinski definition) is 2. The van der Waals surface area contributed by atoms with Crippen LogP contribution in [0.4, 0.5) is 0 Å². The van der Waals surface area contributed by atoms with Gasteiger partial charge in [0.2, 0.25) is 5.91 Å². The first-order valence-corrected chi connectivity index (χ1v) is 7.15. The summed E-state index contributed by atoms with van der Waals surface area (Å²) in [5.41, 5.74) is 1.15.